The van der Waals surface area contributed by atoms with Crippen molar-refractivity contribution >= 4 is 48.9 Å². The topological polar surface area (TPSA) is 139 Å². The summed E-state index contributed by atoms with van der Waals surface area (Å²) in [5.74, 6) is -0.692. The first-order valence-corrected chi connectivity index (χ1v) is 25.6. The highest BCUT2D eigenvalue weighted by molar-refractivity contribution is 7.99. The Kier molecular flexibility index (Phi) is 13.8. The summed E-state index contributed by atoms with van der Waals surface area (Å²) in [5, 5.41) is 12.3. The van der Waals surface area contributed by atoms with Crippen LogP contribution in [0.2, 0.25) is 0 Å². The number of aliphatic hydroxyl groups excluding tert-OH is 1. The third-order valence-corrected chi connectivity index (χ3v) is 17.4. The van der Waals surface area contributed by atoms with Crippen LogP contribution in [0.5, 0.6) is 0 Å². The summed E-state index contributed by atoms with van der Waals surface area (Å²) in [4.78, 5) is 18.7. The van der Waals surface area contributed by atoms with Crippen LogP contribution in [0.25, 0.3) is 0 Å². The second kappa shape index (κ2) is 18.3. The molecule has 0 aromatic heterocycles. The van der Waals surface area contributed by atoms with Crippen LogP contribution in [0.4, 0.5) is 24.5 Å². The fourth-order valence-corrected chi connectivity index (χ4v) is 13.1. The molecule has 3 aromatic rings. The van der Waals surface area contributed by atoms with Crippen LogP contribution < -0.4 is 14.9 Å². The number of carbonyl (C=O) groups is 1. The molecule has 1 saturated heterocycles. The number of anilines is 2. The molecule has 1 aliphatic heterocycles. The predicted molar refractivity (Wildman–Crippen MR) is 242 cm³/mol. The lowest BCUT2D eigenvalue weighted by Crippen LogP contribution is -2.61. The summed E-state index contributed by atoms with van der Waals surface area (Å²) in [6.45, 7) is 12.3. The molecule has 11 nitrogen and oxygen atoms in total. The number of sulfonamides is 1. The third kappa shape index (κ3) is 10.8. The maximum absolute atomic E-state index is 14.1. The standard InChI is InChI=1S/C46H60F3N5O6S3/c1-43(2)18-16-34(39(27-43)45-30-44(3,31-45)32-45)28-53-20-22-54(23-21-53)36-12-10-33(11-13-36)42(56)51-63(59,60)38-14-15-40(41(26-38)62(57,58)46(47,48)49)50-35(17-19-52(4)24-25-55)29-61-37-8-6-5-7-9-37/h5-15,26,35,50,55H,16-25,27-32H2,1-4H3,(H,51,56)/t35-,44?,45?/m1/s1. The SMILES string of the molecule is CN(CCO)CC[C@H](CSc1ccccc1)Nc1ccc(S(=O)(=O)NC(=O)c2ccc(N3CCN(CC4=C(C56CC(C)(C5)C6)CC(C)(C)CC4)CC3)cc2)cc1S(=O)(=O)C(F)(F)F. The molecule has 17 heteroatoms. The van der Waals surface area contributed by atoms with E-state index < -0.39 is 52.8 Å². The largest absolute Gasteiger partial charge is 0.501 e. The molecule has 3 saturated carbocycles. The molecular formula is C46H60F3N5O6S3. The molecular weight excluding hydrogens is 872 g/mol. The second-order valence-corrected chi connectivity index (χ2v) is 23.9. The van der Waals surface area contributed by atoms with Gasteiger partial charge in [-0.15, -0.1) is 11.8 Å². The van der Waals surface area contributed by atoms with Crippen molar-refractivity contribution in [2.75, 3.05) is 75.4 Å². The number of rotatable bonds is 18. The van der Waals surface area contributed by atoms with Gasteiger partial charge in [-0.1, -0.05) is 50.1 Å². The highest BCUT2D eigenvalue weighted by Crippen LogP contribution is 2.77. The number of halogens is 3. The number of likely N-dealkylation sites (N-methyl/N-ethyl adjacent to an activating group) is 1. The second-order valence-electron chi connectivity index (χ2n) is 19.2. The molecule has 1 atom stereocenters. The molecule has 4 aliphatic carbocycles. The van der Waals surface area contributed by atoms with Crippen LogP contribution in [0.15, 0.2) is 98.6 Å². The first kappa shape index (κ1) is 47.4. The minimum Gasteiger partial charge on any atom is -0.395 e. The Bertz CT molecular complexity index is 2370. The quantitative estimate of drug-likeness (QED) is 0.0851. The maximum Gasteiger partial charge on any atom is 0.501 e. The molecule has 63 heavy (non-hydrogen) atoms. The number of nitrogens with zero attached hydrogens (tertiary/aromatic N) is 3. The molecule has 0 unspecified atom stereocenters. The van der Waals surface area contributed by atoms with Crippen LogP contribution in [0, 0.1) is 16.2 Å². The summed E-state index contributed by atoms with van der Waals surface area (Å²) in [7, 11) is -9.13. The van der Waals surface area contributed by atoms with Gasteiger partial charge in [0.1, 0.15) is 4.90 Å². The Morgan fingerprint density at radius 3 is 2.21 bits per heavy atom. The zero-order chi connectivity index (χ0) is 45.4. The summed E-state index contributed by atoms with van der Waals surface area (Å²) >= 11 is 1.41. The van der Waals surface area contributed by atoms with Crippen molar-refractivity contribution in [3.8, 4) is 0 Å². The number of nitrogens with one attached hydrogen (secondary N) is 2. The molecule has 2 bridgehead atoms. The van der Waals surface area contributed by atoms with Gasteiger partial charge in [-0.2, -0.15) is 13.2 Å². The van der Waals surface area contributed by atoms with Crippen LogP contribution in [-0.4, -0.2) is 114 Å². The van der Waals surface area contributed by atoms with Crippen LogP contribution in [-0.2, 0) is 19.9 Å². The summed E-state index contributed by atoms with van der Waals surface area (Å²) in [5.41, 5.74) is -0.551. The van der Waals surface area contributed by atoms with Crippen molar-refractivity contribution in [1.82, 2.24) is 14.5 Å². The van der Waals surface area contributed by atoms with Crippen molar-refractivity contribution in [2.24, 2.45) is 16.2 Å². The van der Waals surface area contributed by atoms with Crippen LogP contribution >= 0.6 is 11.8 Å². The van der Waals surface area contributed by atoms with Crippen molar-refractivity contribution in [1.29, 1.82) is 0 Å². The average Bonchev–Trinajstić information content (AvgIpc) is 3.21. The van der Waals surface area contributed by atoms with E-state index >= 15 is 0 Å². The molecule has 1 amide bonds. The fourth-order valence-electron chi connectivity index (χ4n) is 10.1. The van der Waals surface area contributed by atoms with Crippen molar-refractivity contribution in [3.05, 3.63) is 89.5 Å². The van der Waals surface area contributed by atoms with E-state index in [0.717, 1.165) is 61.9 Å². The van der Waals surface area contributed by atoms with E-state index in [4.69, 9.17) is 0 Å². The Hall–Kier alpha value is -3.61. The van der Waals surface area contributed by atoms with Gasteiger partial charge >= 0.3 is 5.51 Å². The van der Waals surface area contributed by atoms with Crippen molar-refractivity contribution in [2.45, 2.75) is 92.0 Å². The number of thioether (sulfide) groups is 1. The highest BCUT2D eigenvalue weighted by atomic mass is 32.2. The molecule has 0 spiro atoms. The lowest BCUT2D eigenvalue weighted by molar-refractivity contribution is -0.167. The van der Waals surface area contributed by atoms with Gasteiger partial charge in [0.15, 0.2) is 0 Å². The molecule has 1 heterocycles. The normalized spacial score (nSPS) is 23.2. The molecule has 4 fully saturated rings. The number of alkyl halides is 3. The van der Waals surface area contributed by atoms with E-state index in [2.05, 4.69) is 35.9 Å². The smallest absolute Gasteiger partial charge is 0.395 e. The van der Waals surface area contributed by atoms with E-state index in [9.17, 15) is 39.9 Å². The Balaban J connectivity index is 1.01. The monoisotopic (exact) mass is 931 g/mol. The predicted octanol–water partition coefficient (Wildman–Crippen LogP) is 7.80. The summed E-state index contributed by atoms with van der Waals surface area (Å²) in [6.07, 6.45) is 7.94. The number of carbonyl (C=O) groups excluding carboxylic acids is 1. The molecule has 3 aromatic carbocycles. The number of hydrogen-bond acceptors (Lipinski definition) is 11. The van der Waals surface area contributed by atoms with Gasteiger partial charge in [0, 0.05) is 67.2 Å². The number of aliphatic hydroxyl groups is 1. The van der Waals surface area contributed by atoms with Gasteiger partial charge in [-0.3, -0.25) is 9.69 Å². The van der Waals surface area contributed by atoms with Crippen LogP contribution in [0.1, 0.15) is 76.1 Å². The Morgan fingerprint density at radius 2 is 1.59 bits per heavy atom. The van der Waals surface area contributed by atoms with Gasteiger partial charge in [-0.05, 0) is 129 Å². The number of amides is 1. The first-order valence-electron chi connectivity index (χ1n) is 21.7. The summed E-state index contributed by atoms with van der Waals surface area (Å²) in [6, 6.07) is 17.5. The van der Waals surface area contributed by atoms with Gasteiger partial charge in [-0.25, -0.2) is 21.6 Å². The first-order chi connectivity index (χ1) is 29.6. The van der Waals surface area contributed by atoms with Gasteiger partial charge < -0.3 is 20.2 Å². The third-order valence-electron chi connectivity index (χ3n) is 13.4. The number of piperazine rings is 1. The van der Waals surface area contributed by atoms with Crippen LogP contribution in [0.3, 0.4) is 0 Å². The number of sulfone groups is 1. The lowest BCUT2D eigenvalue weighted by atomic mass is 9.33. The van der Waals surface area contributed by atoms with E-state index in [0.29, 0.717) is 47.6 Å². The Labute approximate surface area is 374 Å². The molecule has 8 rings (SSSR count). The van der Waals surface area contributed by atoms with Crippen molar-refractivity contribution in [3.63, 3.8) is 0 Å². The Morgan fingerprint density at radius 1 is 0.921 bits per heavy atom. The van der Waals surface area contributed by atoms with E-state index in [1.54, 1.807) is 30.3 Å². The molecule has 0 radical (unpaired) electrons. The number of benzene rings is 3. The molecule has 5 aliphatic rings. The summed E-state index contributed by atoms with van der Waals surface area (Å²) < 4.78 is 97.3. The van der Waals surface area contributed by atoms with Gasteiger partial charge in [0.05, 0.1) is 17.2 Å². The average molecular weight is 932 g/mol. The lowest BCUT2D eigenvalue weighted by Gasteiger charge is -2.72. The van der Waals surface area contributed by atoms with Gasteiger partial charge in [0.25, 0.3) is 25.8 Å². The zero-order valence-electron chi connectivity index (χ0n) is 36.5. The fraction of sp³-hybridized carbons (Fsp3) is 0.543. The number of allylic oxidation sites excluding steroid dienone is 1. The maximum atomic E-state index is 14.1. The van der Waals surface area contributed by atoms with E-state index in [-0.39, 0.29) is 12.2 Å². The number of hydrogen-bond donors (Lipinski definition) is 3. The molecule has 3 N–H and O–H groups in total. The van der Waals surface area contributed by atoms with Crippen molar-refractivity contribution < 1.29 is 39.9 Å². The molecule has 344 valence electrons. The minimum absolute atomic E-state index is 0.00876. The van der Waals surface area contributed by atoms with E-state index in [1.807, 2.05) is 40.0 Å². The highest BCUT2D eigenvalue weighted by Gasteiger charge is 2.66. The zero-order valence-corrected chi connectivity index (χ0v) is 39.0. The van der Waals surface area contributed by atoms with E-state index in [1.165, 1.54) is 56.0 Å². The van der Waals surface area contributed by atoms with Gasteiger partial charge in [0.2, 0.25) is 0 Å². The minimum atomic E-state index is -6.06.